The number of rotatable bonds is 1. The van der Waals surface area contributed by atoms with Gasteiger partial charge in [0.05, 0.1) is 10.9 Å². The van der Waals surface area contributed by atoms with E-state index in [1.165, 1.54) is 24.7 Å². The summed E-state index contributed by atoms with van der Waals surface area (Å²) in [6.07, 6.45) is 0. The first-order valence-corrected chi connectivity index (χ1v) is 6.40. The van der Waals surface area contributed by atoms with E-state index in [0.29, 0.717) is 5.69 Å². The summed E-state index contributed by atoms with van der Waals surface area (Å²) in [6.45, 7) is 5.64. The van der Waals surface area contributed by atoms with Crippen LogP contribution in [0.25, 0.3) is 11.0 Å². The Morgan fingerprint density at radius 3 is 2.24 bits per heavy atom. The van der Waals surface area contributed by atoms with Gasteiger partial charge in [-0.2, -0.15) is 0 Å². The van der Waals surface area contributed by atoms with Gasteiger partial charge in [0.25, 0.3) is 5.56 Å². The van der Waals surface area contributed by atoms with E-state index in [2.05, 4.69) is 4.98 Å². The smallest absolute Gasteiger partial charge is 0.336 e. The molecule has 2 heterocycles. The molecule has 0 fully saturated rings. The molecule has 2 aromatic heterocycles. The molecule has 2 rings (SSSR count). The molecule has 0 saturated heterocycles. The number of carboxylic acid groups (broad SMARTS) is 1. The second-order valence-corrected chi connectivity index (χ2v) is 6.01. The van der Waals surface area contributed by atoms with Crippen molar-refractivity contribution < 1.29 is 9.90 Å². The lowest BCUT2D eigenvalue weighted by molar-refractivity contribution is 0.0698. The third kappa shape index (κ3) is 2.24. The molecule has 7 heteroatoms. The van der Waals surface area contributed by atoms with Crippen LogP contribution in [0.15, 0.2) is 15.7 Å². The second-order valence-electron chi connectivity index (χ2n) is 6.01. The van der Waals surface area contributed by atoms with E-state index < -0.39 is 22.6 Å². The third-order valence-electron chi connectivity index (χ3n) is 3.41. The fourth-order valence-corrected chi connectivity index (χ4v) is 2.11. The van der Waals surface area contributed by atoms with Gasteiger partial charge in [-0.15, -0.1) is 0 Å². The molecule has 0 aliphatic rings. The number of fused-ring (bicyclic) bond motifs is 1. The summed E-state index contributed by atoms with van der Waals surface area (Å²) in [7, 11) is 2.78. The SMILES string of the molecule is Cn1c(=O)c2c(C(=O)O)cc(C(C)(C)C)nc2n(C)c1=O. The Morgan fingerprint density at radius 2 is 1.76 bits per heavy atom. The van der Waals surface area contributed by atoms with E-state index in [4.69, 9.17) is 0 Å². The first-order valence-electron chi connectivity index (χ1n) is 6.40. The van der Waals surface area contributed by atoms with Gasteiger partial charge in [0.1, 0.15) is 5.65 Å². The number of nitrogens with zero attached hydrogens (tertiary/aromatic N) is 3. The molecule has 0 aromatic carbocycles. The van der Waals surface area contributed by atoms with Crippen LogP contribution in [-0.4, -0.2) is 25.2 Å². The molecule has 0 aliphatic carbocycles. The molecule has 21 heavy (non-hydrogen) atoms. The van der Waals surface area contributed by atoms with E-state index in [1.807, 2.05) is 20.8 Å². The predicted octanol–water partition coefficient (Wildman–Crippen LogP) is 0.628. The van der Waals surface area contributed by atoms with Gasteiger partial charge in [-0.3, -0.25) is 13.9 Å². The fraction of sp³-hybridized carbons (Fsp3) is 0.429. The molecule has 0 atom stereocenters. The normalized spacial score (nSPS) is 11.9. The molecule has 0 spiro atoms. The number of hydrogen-bond acceptors (Lipinski definition) is 4. The Labute approximate surface area is 120 Å². The van der Waals surface area contributed by atoms with E-state index in [9.17, 15) is 19.5 Å². The van der Waals surface area contributed by atoms with E-state index in [1.54, 1.807) is 0 Å². The van der Waals surface area contributed by atoms with Crippen molar-refractivity contribution in [3.05, 3.63) is 38.2 Å². The Hall–Kier alpha value is -2.44. The molecule has 0 radical (unpaired) electrons. The number of hydrogen-bond donors (Lipinski definition) is 1. The molecule has 0 unspecified atom stereocenters. The van der Waals surface area contributed by atoms with E-state index in [-0.39, 0.29) is 16.6 Å². The molecule has 0 bridgehead atoms. The Morgan fingerprint density at radius 1 is 1.19 bits per heavy atom. The van der Waals surface area contributed by atoms with Crippen molar-refractivity contribution in [1.82, 2.24) is 14.1 Å². The van der Waals surface area contributed by atoms with Crippen LogP contribution in [0, 0.1) is 0 Å². The minimum Gasteiger partial charge on any atom is -0.478 e. The zero-order valence-electron chi connectivity index (χ0n) is 12.6. The van der Waals surface area contributed by atoms with Gasteiger partial charge in [0, 0.05) is 25.2 Å². The number of pyridine rings is 1. The van der Waals surface area contributed by atoms with Crippen LogP contribution in [0.1, 0.15) is 36.8 Å². The monoisotopic (exact) mass is 291 g/mol. The zero-order valence-corrected chi connectivity index (χ0v) is 12.6. The van der Waals surface area contributed by atoms with Gasteiger partial charge in [-0.05, 0) is 6.07 Å². The molecular formula is C14H17N3O4. The van der Waals surface area contributed by atoms with E-state index in [0.717, 1.165) is 4.57 Å². The summed E-state index contributed by atoms with van der Waals surface area (Å²) in [4.78, 5) is 40.0. The molecule has 0 saturated carbocycles. The number of aryl methyl sites for hydroxylation is 1. The quantitative estimate of drug-likeness (QED) is 0.831. The van der Waals surface area contributed by atoms with Gasteiger partial charge in [-0.1, -0.05) is 20.8 Å². The standard InChI is InChI=1S/C14H17N3O4/c1-14(2,3)8-6-7(12(19)20)9-10(15-8)16(4)13(21)17(5)11(9)18/h6H,1-5H3,(H,19,20). The lowest BCUT2D eigenvalue weighted by Gasteiger charge is -2.19. The molecule has 2 aromatic rings. The summed E-state index contributed by atoms with van der Waals surface area (Å²) in [6, 6.07) is 1.40. The zero-order chi connectivity index (χ0) is 16.1. The molecule has 7 nitrogen and oxygen atoms in total. The molecule has 1 N–H and O–H groups in total. The lowest BCUT2D eigenvalue weighted by Crippen LogP contribution is -2.38. The minimum absolute atomic E-state index is 0.0555. The lowest BCUT2D eigenvalue weighted by atomic mass is 9.90. The van der Waals surface area contributed by atoms with Gasteiger partial charge in [-0.25, -0.2) is 14.6 Å². The van der Waals surface area contributed by atoms with Crippen LogP contribution >= 0.6 is 0 Å². The number of aromatic nitrogens is 3. The predicted molar refractivity (Wildman–Crippen MR) is 77.9 cm³/mol. The Balaban J connectivity index is 3.15. The van der Waals surface area contributed by atoms with Gasteiger partial charge in [0.2, 0.25) is 0 Å². The van der Waals surface area contributed by atoms with Crippen molar-refractivity contribution in [2.75, 3.05) is 0 Å². The topological polar surface area (TPSA) is 94.2 Å². The van der Waals surface area contributed by atoms with Crippen molar-refractivity contribution in [3.8, 4) is 0 Å². The average Bonchev–Trinajstić information content (AvgIpc) is 2.40. The van der Waals surface area contributed by atoms with Crippen LogP contribution in [0.3, 0.4) is 0 Å². The summed E-state index contributed by atoms with van der Waals surface area (Å²) in [5, 5.41) is 9.33. The van der Waals surface area contributed by atoms with Gasteiger partial charge in [0.15, 0.2) is 0 Å². The minimum atomic E-state index is -1.22. The largest absolute Gasteiger partial charge is 0.478 e. The summed E-state index contributed by atoms with van der Waals surface area (Å²) < 4.78 is 2.08. The van der Waals surface area contributed by atoms with Crippen LogP contribution in [0.4, 0.5) is 0 Å². The highest BCUT2D eigenvalue weighted by Gasteiger charge is 2.24. The maximum absolute atomic E-state index is 12.2. The van der Waals surface area contributed by atoms with Crippen molar-refractivity contribution in [3.63, 3.8) is 0 Å². The summed E-state index contributed by atoms with van der Waals surface area (Å²) in [5.74, 6) is -1.22. The Kier molecular flexibility index (Phi) is 3.24. The average molecular weight is 291 g/mol. The summed E-state index contributed by atoms with van der Waals surface area (Å²) >= 11 is 0. The van der Waals surface area contributed by atoms with Crippen molar-refractivity contribution in [2.45, 2.75) is 26.2 Å². The molecule has 112 valence electrons. The highest BCUT2D eigenvalue weighted by Crippen LogP contribution is 2.24. The molecule has 0 amide bonds. The van der Waals surface area contributed by atoms with Crippen molar-refractivity contribution >= 4 is 17.0 Å². The first kappa shape index (κ1) is 15.0. The summed E-state index contributed by atoms with van der Waals surface area (Å²) in [5.41, 5.74) is -1.14. The maximum Gasteiger partial charge on any atom is 0.336 e. The van der Waals surface area contributed by atoms with Crippen LogP contribution in [-0.2, 0) is 19.5 Å². The van der Waals surface area contributed by atoms with E-state index >= 15 is 0 Å². The van der Waals surface area contributed by atoms with Crippen LogP contribution in [0.5, 0.6) is 0 Å². The highest BCUT2D eigenvalue weighted by molar-refractivity contribution is 6.01. The highest BCUT2D eigenvalue weighted by atomic mass is 16.4. The first-order chi connectivity index (χ1) is 9.55. The maximum atomic E-state index is 12.2. The second kappa shape index (κ2) is 4.54. The van der Waals surface area contributed by atoms with Crippen LogP contribution in [0.2, 0.25) is 0 Å². The number of carbonyl (C=O) groups is 1. The number of aromatic carboxylic acids is 1. The number of carboxylic acids is 1. The molecule has 0 aliphatic heterocycles. The fourth-order valence-electron chi connectivity index (χ4n) is 2.11. The molecular weight excluding hydrogens is 274 g/mol. The van der Waals surface area contributed by atoms with Gasteiger partial charge >= 0.3 is 11.7 Å². The van der Waals surface area contributed by atoms with Crippen LogP contribution < -0.4 is 11.2 Å². The Bertz CT molecular complexity index is 869. The van der Waals surface area contributed by atoms with Gasteiger partial charge < -0.3 is 5.11 Å². The third-order valence-corrected chi connectivity index (χ3v) is 3.41. The van der Waals surface area contributed by atoms with Crippen molar-refractivity contribution in [1.29, 1.82) is 0 Å². The van der Waals surface area contributed by atoms with Crippen molar-refractivity contribution in [2.24, 2.45) is 14.1 Å².